The van der Waals surface area contributed by atoms with Crippen LogP contribution in [0.4, 0.5) is 11.5 Å². The number of ether oxygens (including phenoxy) is 2. The van der Waals surface area contributed by atoms with Gasteiger partial charge in [-0.2, -0.15) is 0 Å². The van der Waals surface area contributed by atoms with Crippen molar-refractivity contribution >= 4 is 23.4 Å². The number of carbonyl (C=O) groups is 2. The molecule has 0 radical (unpaired) electrons. The second kappa shape index (κ2) is 7.03. The molecule has 1 aromatic carbocycles. The molecule has 0 fully saturated rings. The summed E-state index contributed by atoms with van der Waals surface area (Å²) in [7, 11) is 1.60. The van der Waals surface area contributed by atoms with Gasteiger partial charge in [0.2, 0.25) is 5.91 Å². The third-order valence-electron chi connectivity index (χ3n) is 4.34. The second-order valence-electron chi connectivity index (χ2n) is 6.02. The number of hydrogen-bond donors (Lipinski definition) is 1. The molecule has 0 saturated heterocycles. The normalized spacial score (nSPS) is 12.9. The van der Waals surface area contributed by atoms with Crippen LogP contribution >= 0.6 is 0 Å². The summed E-state index contributed by atoms with van der Waals surface area (Å²) in [5.74, 6) is 0.593. The van der Waals surface area contributed by atoms with Gasteiger partial charge in [-0.05, 0) is 31.5 Å². The average molecular weight is 355 g/mol. The van der Waals surface area contributed by atoms with Crippen molar-refractivity contribution in [2.24, 2.45) is 0 Å². The van der Waals surface area contributed by atoms with Crippen LogP contribution in [0.5, 0.6) is 5.75 Å². The van der Waals surface area contributed by atoms with E-state index < -0.39 is 5.97 Å². The highest BCUT2D eigenvalue weighted by atomic mass is 16.5. The fourth-order valence-corrected chi connectivity index (χ4v) is 3.09. The summed E-state index contributed by atoms with van der Waals surface area (Å²) >= 11 is 0. The van der Waals surface area contributed by atoms with Crippen LogP contribution in [-0.2, 0) is 22.5 Å². The van der Waals surface area contributed by atoms with Crippen molar-refractivity contribution in [1.82, 2.24) is 4.98 Å². The summed E-state index contributed by atoms with van der Waals surface area (Å²) in [6.45, 7) is 4.02. The molecule has 1 aliphatic rings. The number of nitrogens with two attached hydrogens (primary N) is 1. The van der Waals surface area contributed by atoms with Crippen molar-refractivity contribution in [3.8, 4) is 5.75 Å². The highest BCUT2D eigenvalue weighted by Gasteiger charge is 2.34. The van der Waals surface area contributed by atoms with Crippen LogP contribution in [0.15, 0.2) is 24.3 Å². The number of nitrogens with zero attached hydrogens (tertiary/aromatic N) is 2. The number of anilines is 2. The van der Waals surface area contributed by atoms with E-state index >= 15 is 0 Å². The van der Waals surface area contributed by atoms with E-state index in [4.69, 9.17) is 15.2 Å². The molecule has 1 amide bonds. The minimum Gasteiger partial charge on any atom is -0.497 e. The number of amides is 1. The van der Waals surface area contributed by atoms with Gasteiger partial charge in [0.25, 0.3) is 0 Å². The van der Waals surface area contributed by atoms with Gasteiger partial charge in [0.1, 0.15) is 17.1 Å². The first-order chi connectivity index (χ1) is 12.5. The molecule has 26 heavy (non-hydrogen) atoms. The molecule has 0 aliphatic carbocycles. The maximum atomic E-state index is 12.5. The van der Waals surface area contributed by atoms with Gasteiger partial charge < -0.3 is 15.2 Å². The van der Waals surface area contributed by atoms with E-state index in [1.807, 2.05) is 24.3 Å². The quantitative estimate of drug-likeness (QED) is 0.827. The van der Waals surface area contributed by atoms with Crippen LogP contribution in [0.1, 0.15) is 34.1 Å². The summed E-state index contributed by atoms with van der Waals surface area (Å²) in [6, 6.07) is 7.49. The minimum atomic E-state index is -0.517. The number of methoxy groups -OCH3 is 1. The molecule has 0 spiro atoms. The van der Waals surface area contributed by atoms with E-state index in [1.165, 1.54) is 0 Å². The Morgan fingerprint density at radius 1 is 1.38 bits per heavy atom. The number of benzene rings is 1. The lowest BCUT2D eigenvalue weighted by molar-refractivity contribution is -0.117. The predicted octanol–water partition coefficient (Wildman–Crippen LogP) is 2.25. The number of pyridine rings is 1. The molecule has 0 atom stereocenters. The molecule has 1 aliphatic heterocycles. The van der Waals surface area contributed by atoms with Crippen molar-refractivity contribution in [3.05, 3.63) is 46.6 Å². The smallest absolute Gasteiger partial charge is 0.342 e. The largest absolute Gasteiger partial charge is 0.497 e. The molecule has 0 unspecified atom stereocenters. The Morgan fingerprint density at radius 2 is 2.15 bits per heavy atom. The van der Waals surface area contributed by atoms with Gasteiger partial charge in [-0.3, -0.25) is 9.69 Å². The van der Waals surface area contributed by atoms with Crippen LogP contribution < -0.4 is 15.4 Å². The number of esters is 1. The number of fused-ring (bicyclic) bond motifs is 1. The molecule has 2 aromatic rings. The van der Waals surface area contributed by atoms with Gasteiger partial charge in [-0.1, -0.05) is 12.1 Å². The van der Waals surface area contributed by atoms with Crippen molar-refractivity contribution in [2.75, 3.05) is 24.4 Å². The monoisotopic (exact) mass is 355 g/mol. The molecule has 1 aromatic heterocycles. The fraction of sp³-hybridized carbons (Fsp3) is 0.316. The van der Waals surface area contributed by atoms with E-state index in [0.29, 0.717) is 23.6 Å². The third kappa shape index (κ3) is 3.08. The van der Waals surface area contributed by atoms with Gasteiger partial charge in [-0.25, -0.2) is 9.78 Å². The summed E-state index contributed by atoms with van der Waals surface area (Å²) in [6.07, 6.45) is 0.116. The van der Waals surface area contributed by atoms with Gasteiger partial charge in [-0.15, -0.1) is 0 Å². The maximum Gasteiger partial charge on any atom is 0.342 e. The van der Waals surface area contributed by atoms with Crippen LogP contribution in [0.2, 0.25) is 0 Å². The Labute approximate surface area is 151 Å². The maximum absolute atomic E-state index is 12.5. The van der Waals surface area contributed by atoms with Crippen LogP contribution in [0.25, 0.3) is 0 Å². The summed E-state index contributed by atoms with van der Waals surface area (Å²) < 4.78 is 10.3. The molecule has 7 heteroatoms. The predicted molar refractivity (Wildman–Crippen MR) is 97.2 cm³/mol. The van der Waals surface area contributed by atoms with Crippen molar-refractivity contribution in [1.29, 1.82) is 0 Å². The van der Waals surface area contributed by atoms with Crippen molar-refractivity contribution in [3.63, 3.8) is 0 Å². The lowest BCUT2D eigenvalue weighted by atomic mass is 10.1. The van der Waals surface area contributed by atoms with Crippen LogP contribution in [0, 0.1) is 6.92 Å². The van der Waals surface area contributed by atoms with E-state index in [-0.39, 0.29) is 30.2 Å². The van der Waals surface area contributed by atoms with E-state index in [2.05, 4.69) is 4.98 Å². The Kier molecular flexibility index (Phi) is 4.79. The van der Waals surface area contributed by atoms with Gasteiger partial charge in [0, 0.05) is 5.56 Å². The molecule has 2 N–H and O–H groups in total. The highest BCUT2D eigenvalue weighted by molar-refractivity contribution is 6.05. The highest BCUT2D eigenvalue weighted by Crippen LogP contribution is 2.36. The Hall–Kier alpha value is -3.09. The Morgan fingerprint density at radius 3 is 2.85 bits per heavy atom. The zero-order valence-electron chi connectivity index (χ0n) is 15.0. The number of rotatable bonds is 5. The first-order valence-corrected chi connectivity index (χ1v) is 8.35. The number of hydrogen-bond acceptors (Lipinski definition) is 6. The SMILES string of the molecule is CCOC(=O)c1c(C)nc2c(c1N)CC(=O)N2Cc1cccc(OC)c1. The topological polar surface area (TPSA) is 94.8 Å². The summed E-state index contributed by atoms with van der Waals surface area (Å²) in [4.78, 5) is 30.8. The minimum absolute atomic E-state index is 0.109. The van der Waals surface area contributed by atoms with E-state index in [0.717, 1.165) is 11.3 Å². The first kappa shape index (κ1) is 17.7. The molecular formula is C19H21N3O4. The number of nitrogen functional groups attached to an aromatic ring is 1. The molecule has 3 rings (SSSR count). The van der Waals surface area contributed by atoms with Crippen LogP contribution in [-0.4, -0.2) is 30.6 Å². The molecule has 0 bridgehead atoms. The first-order valence-electron chi connectivity index (χ1n) is 8.35. The van der Waals surface area contributed by atoms with Crippen molar-refractivity contribution < 1.29 is 19.1 Å². The zero-order chi connectivity index (χ0) is 18.8. The average Bonchev–Trinajstić information content (AvgIpc) is 2.92. The zero-order valence-corrected chi connectivity index (χ0v) is 15.0. The Balaban J connectivity index is 1.98. The molecule has 136 valence electrons. The van der Waals surface area contributed by atoms with Gasteiger partial charge >= 0.3 is 5.97 Å². The third-order valence-corrected chi connectivity index (χ3v) is 4.34. The Bertz CT molecular complexity index is 879. The molecule has 0 saturated carbocycles. The second-order valence-corrected chi connectivity index (χ2v) is 6.02. The molecular weight excluding hydrogens is 334 g/mol. The standard InChI is InChI=1S/C19H21N3O4/c1-4-26-19(24)16-11(2)21-18-14(17(16)20)9-15(23)22(18)10-12-6-5-7-13(8-12)25-3/h5-8H,4,9-10H2,1-3H3,(H2,20,21). The number of aryl methyl sites for hydroxylation is 1. The van der Waals surface area contributed by atoms with Crippen molar-refractivity contribution in [2.45, 2.75) is 26.8 Å². The van der Waals surface area contributed by atoms with Gasteiger partial charge in [0.05, 0.1) is 38.1 Å². The summed E-state index contributed by atoms with van der Waals surface area (Å²) in [5.41, 5.74) is 8.64. The lowest BCUT2D eigenvalue weighted by Gasteiger charge is -2.19. The fourth-order valence-electron chi connectivity index (χ4n) is 3.09. The molecule has 2 heterocycles. The number of carbonyl (C=O) groups excluding carboxylic acids is 2. The van der Waals surface area contributed by atoms with Gasteiger partial charge in [0.15, 0.2) is 0 Å². The summed E-state index contributed by atoms with van der Waals surface area (Å²) in [5, 5.41) is 0. The molecule has 7 nitrogen and oxygen atoms in total. The van der Waals surface area contributed by atoms with E-state index in [9.17, 15) is 9.59 Å². The number of aromatic nitrogens is 1. The lowest BCUT2D eigenvalue weighted by Crippen LogP contribution is -2.27. The van der Waals surface area contributed by atoms with E-state index in [1.54, 1.807) is 25.9 Å². The van der Waals surface area contributed by atoms with Crippen LogP contribution in [0.3, 0.4) is 0 Å².